The number of carbonyl (C=O) groups is 1. The van der Waals surface area contributed by atoms with E-state index >= 15 is 0 Å². The van der Waals surface area contributed by atoms with Gasteiger partial charge >= 0.3 is 5.97 Å². The van der Waals surface area contributed by atoms with Crippen molar-refractivity contribution < 1.29 is 14.6 Å². The number of hydrogen-bond donors (Lipinski definition) is 1. The summed E-state index contributed by atoms with van der Waals surface area (Å²) in [5.41, 5.74) is 2.04. The highest BCUT2D eigenvalue weighted by Crippen LogP contribution is 2.21. The number of benzene rings is 1. The molecule has 0 fully saturated rings. The van der Waals surface area contributed by atoms with E-state index in [0.717, 1.165) is 17.5 Å². The summed E-state index contributed by atoms with van der Waals surface area (Å²) in [4.78, 5) is 11.0. The fourth-order valence-corrected chi connectivity index (χ4v) is 1.48. The molecule has 1 atom stereocenters. The van der Waals surface area contributed by atoms with Crippen molar-refractivity contribution in [2.24, 2.45) is 0 Å². The molecular formula is C13H18O3. The number of ether oxygens (including phenoxy) is 1. The van der Waals surface area contributed by atoms with Gasteiger partial charge in [0.25, 0.3) is 0 Å². The third kappa shape index (κ3) is 3.26. The van der Waals surface area contributed by atoms with E-state index in [2.05, 4.69) is 0 Å². The molecule has 88 valence electrons. The summed E-state index contributed by atoms with van der Waals surface area (Å²) < 4.78 is 5.53. The van der Waals surface area contributed by atoms with Crippen LogP contribution in [0.5, 0.6) is 5.75 Å². The van der Waals surface area contributed by atoms with Crippen LogP contribution >= 0.6 is 0 Å². The predicted octanol–water partition coefficient (Wildman–Crippen LogP) is 2.94. The summed E-state index contributed by atoms with van der Waals surface area (Å²) in [6.45, 7) is 5.82. The van der Waals surface area contributed by atoms with E-state index in [-0.39, 0.29) is 0 Å². The van der Waals surface area contributed by atoms with Crippen LogP contribution in [-0.4, -0.2) is 17.2 Å². The van der Waals surface area contributed by atoms with Gasteiger partial charge in [-0.15, -0.1) is 0 Å². The fraction of sp³-hybridized carbons (Fsp3) is 0.462. The van der Waals surface area contributed by atoms with Gasteiger partial charge in [0.2, 0.25) is 0 Å². The Morgan fingerprint density at radius 1 is 1.44 bits per heavy atom. The number of aliphatic carboxylic acids is 1. The number of carboxylic acids is 1. The molecule has 0 aliphatic rings. The standard InChI is InChI=1S/C13H18O3/c1-4-5-11(13(14)15)16-12-8-9(2)6-7-10(12)3/h6-8,11H,4-5H2,1-3H3,(H,14,15). The maximum Gasteiger partial charge on any atom is 0.344 e. The largest absolute Gasteiger partial charge is 0.479 e. The van der Waals surface area contributed by atoms with Crippen LogP contribution in [0.1, 0.15) is 30.9 Å². The smallest absolute Gasteiger partial charge is 0.344 e. The van der Waals surface area contributed by atoms with E-state index < -0.39 is 12.1 Å². The summed E-state index contributed by atoms with van der Waals surface area (Å²) in [5.74, 6) is -0.233. The normalized spacial score (nSPS) is 12.2. The molecule has 0 radical (unpaired) electrons. The maximum absolute atomic E-state index is 11.0. The van der Waals surface area contributed by atoms with Crippen LogP contribution in [-0.2, 0) is 4.79 Å². The quantitative estimate of drug-likeness (QED) is 0.833. The van der Waals surface area contributed by atoms with Gasteiger partial charge in [0.05, 0.1) is 0 Å². The third-order valence-electron chi connectivity index (χ3n) is 2.44. The van der Waals surface area contributed by atoms with Crippen LogP contribution in [0.3, 0.4) is 0 Å². The number of rotatable bonds is 5. The second-order valence-corrected chi connectivity index (χ2v) is 4.00. The lowest BCUT2D eigenvalue weighted by molar-refractivity contribution is -0.145. The second kappa shape index (κ2) is 5.54. The van der Waals surface area contributed by atoms with Crippen LogP contribution in [0.15, 0.2) is 18.2 Å². The van der Waals surface area contributed by atoms with Crippen molar-refractivity contribution >= 4 is 5.97 Å². The molecule has 1 N–H and O–H groups in total. The van der Waals surface area contributed by atoms with Crippen LogP contribution in [0, 0.1) is 13.8 Å². The van der Waals surface area contributed by atoms with Gasteiger partial charge in [0.1, 0.15) is 5.75 Å². The average Bonchev–Trinajstić information content (AvgIpc) is 2.22. The summed E-state index contributed by atoms with van der Waals surface area (Å²) >= 11 is 0. The number of hydrogen-bond acceptors (Lipinski definition) is 2. The molecule has 0 amide bonds. The van der Waals surface area contributed by atoms with E-state index in [1.165, 1.54) is 0 Å². The lowest BCUT2D eigenvalue weighted by Gasteiger charge is -2.16. The second-order valence-electron chi connectivity index (χ2n) is 4.00. The SMILES string of the molecule is CCCC(Oc1cc(C)ccc1C)C(=O)O. The van der Waals surface area contributed by atoms with Gasteiger partial charge in [-0.25, -0.2) is 4.79 Å². The zero-order valence-corrected chi connectivity index (χ0v) is 9.99. The van der Waals surface area contributed by atoms with Gasteiger partial charge in [-0.3, -0.25) is 0 Å². The van der Waals surface area contributed by atoms with Gasteiger partial charge in [-0.1, -0.05) is 25.5 Å². The Morgan fingerprint density at radius 3 is 2.69 bits per heavy atom. The molecule has 3 heteroatoms. The Kier molecular flexibility index (Phi) is 4.35. The van der Waals surface area contributed by atoms with Crippen LogP contribution < -0.4 is 4.74 Å². The molecule has 0 saturated carbocycles. The summed E-state index contributed by atoms with van der Waals surface area (Å²) in [6, 6.07) is 5.80. The average molecular weight is 222 g/mol. The van der Waals surface area contributed by atoms with Gasteiger partial charge in [0, 0.05) is 0 Å². The van der Waals surface area contributed by atoms with Crippen LogP contribution in [0.25, 0.3) is 0 Å². The lowest BCUT2D eigenvalue weighted by atomic mass is 10.1. The highest BCUT2D eigenvalue weighted by molar-refractivity contribution is 5.72. The summed E-state index contributed by atoms with van der Waals surface area (Å²) in [5, 5.41) is 9.00. The van der Waals surface area contributed by atoms with Crippen molar-refractivity contribution in [3.05, 3.63) is 29.3 Å². The minimum atomic E-state index is -0.900. The van der Waals surface area contributed by atoms with Gasteiger partial charge in [0.15, 0.2) is 6.10 Å². The predicted molar refractivity (Wildman–Crippen MR) is 62.9 cm³/mol. The molecule has 0 heterocycles. The molecular weight excluding hydrogens is 204 g/mol. The Hall–Kier alpha value is -1.51. The number of carboxylic acid groups (broad SMARTS) is 1. The van der Waals surface area contributed by atoms with E-state index in [1.807, 2.05) is 39.0 Å². The monoisotopic (exact) mass is 222 g/mol. The first kappa shape index (κ1) is 12.6. The summed E-state index contributed by atoms with van der Waals surface area (Å²) in [7, 11) is 0. The molecule has 1 aromatic carbocycles. The molecule has 0 aromatic heterocycles. The molecule has 1 aromatic rings. The van der Waals surface area contributed by atoms with Crippen molar-refractivity contribution in [2.45, 2.75) is 39.7 Å². The molecule has 0 saturated heterocycles. The minimum absolute atomic E-state index is 0.530. The zero-order valence-electron chi connectivity index (χ0n) is 9.99. The number of aryl methyl sites for hydroxylation is 2. The van der Waals surface area contributed by atoms with Gasteiger partial charge in [-0.2, -0.15) is 0 Å². The molecule has 1 unspecified atom stereocenters. The minimum Gasteiger partial charge on any atom is -0.479 e. The Labute approximate surface area is 96.1 Å². The first-order chi connectivity index (χ1) is 7.54. The van der Waals surface area contributed by atoms with E-state index in [9.17, 15) is 4.79 Å². The zero-order chi connectivity index (χ0) is 12.1. The molecule has 0 spiro atoms. The fourth-order valence-electron chi connectivity index (χ4n) is 1.48. The third-order valence-corrected chi connectivity index (χ3v) is 2.44. The summed E-state index contributed by atoms with van der Waals surface area (Å²) in [6.07, 6.45) is 0.579. The molecule has 0 bridgehead atoms. The van der Waals surface area contributed by atoms with Crippen molar-refractivity contribution in [3.63, 3.8) is 0 Å². The molecule has 0 aliphatic carbocycles. The van der Waals surface area contributed by atoms with E-state index in [1.54, 1.807) is 0 Å². The Morgan fingerprint density at radius 2 is 2.12 bits per heavy atom. The van der Waals surface area contributed by atoms with Gasteiger partial charge < -0.3 is 9.84 Å². The van der Waals surface area contributed by atoms with E-state index in [4.69, 9.17) is 9.84 Å². The Balaban J connectivity index is 2.84. The van der Waals surface area contributed by atoms with Crippen LogP contribution in [0.2, 0.25) is 0 Å². The van der Waals surface area contributed by atoms with Crippen molar-refractivity contribution in [1.82, 2.24) is 0 Å². The first-order valence-corrected chi connectivity index (χ1v) is 5.51. The highest BCUT2D eigenvalue weighted by atomic mass is 16.5. The van der Waals surface area contributed by atoms with Crippen molar-refractivity contribution in [1.29, 1.82) is 0 Å². The topological polar surface area (TPSA) is 46.5 Å². The molecule has 16 heavy (non-hydrogen) atoms. The lowest BCUT2D eigenvalue weighted by Crippen LogP contribution is -2.27. The Bertz CT molecular complexity index is 371. The van der Waals surface area contributed by atoms with Crippen LogP contribution in [0.4, 0.5) is 0 Å². The maximum atomic E-state index is 11.0. The van der Waals surface area contributed by atoms with Gasteiger partial charge in [-0.05, 0) is 37.5 Å². The molecule has 3 nitrogen and oxygen atoms in total. The van der Waals surface area contributed by atoms with E-state index in [0.29, 0.717) is 12.2 Å². The molecule has 1 rings (SSSR count). The molecule has 0 aliphatic heterocycles. The first-order valence-electron chi connectivity index (χ1n) is 5.51. The van der Waals surface area contributed by atoms with Crippen molar-refractivity contribution in [3.8, 4) is 5.75 Å². The van der Waals surface area contributed by atoms with Crippen molar-refractivity contribution in [2.75, 3.05) is 0 Å². The highest BCUT2D eigenvalue weighted by Gasteiger charge is 2.18.